The number of nitrogens with one attached hydrogen (secondary N) is 2. The molecule has 0 aliphatic rings. The third-order valence-corrected chi connectivity index (χ3v) is 5.17. The largest absolute Gasteiger partial charge is 0.405 e. The van der Waals surface area contributed by atoms with Gasteiger partial charge in [0.1, 0.15) is 6.54 Å². The van der Waals surface area contributed by atoms with E-state index in [1.54, 1.807) is 0 Å². The monoisotopic (exact) mass is 384 g/mol. The van der Waals surface area contributed by atoms with Crippen molar-refractivity contribution in [3.8, 4) is 0 Å². The van der Waals surface area contributed by atoms with Crippen LogP contribution in [-0.4, -0.2) is 25.2 Å². The zero-order valence-electron chi connectivity index (χ0n) is 14.8. The number of halogens is 3. The molecule has 2 N–H and O–H groups in total. The van der Waals surface area contributed by atoms with Gasteiger partial charge in [0.25, 0.3) is 0 Å². The van der Waals surface area contributed by atoms with Crippen LogP contribution in [0.25, 0.3) is 0 Å². The molecule has 1 aromatic carbocycles. The van der Waals surface area contributed by atoms with Gasteiger partial charge in [0, 0.05) is 4.88 Å². The van der Waals surface area contributed by atoms with Crippen LogP contribution in [0.2, 0.25) is 0 Å². The predicted molar refractivity (Wildman–Crippen MR) is 98.4 cm³/mol. The number of carbonyl (C=O) groups is 1. The third-order valence-electron chi connectivity index (χ3n) is 4.23. The summed E-state index contributed by atoms with van der Waals surface area (Å²) in [5, 5.41) is 6.88. The molecule has 2 rings (SSSR count). The van der Waals surface area contributed by atoms with Gasteiger partial charge in [-0.15, -0.1) is 11.3 Å². The minimum atomic E-state index is -4.41. The van der Waals surface area contributed by atoms with E-state index in [9.17, 15) is 18.0 Å². The van der Waals surface area contributed by atoms with Crippen LogP contribution in [0.5, 0.6) is 0 Å². The Bertz CT molecular complexity index is 684. The number of carbonyl (C=O) groups excluding carboxylic acids is 1. The summed E-state index contributed by atoms with van der Waals surface area (Å²) >= 11 is 1.54. The zero-order chi connectivity index (χ0) is 19.2. The summed E-state index contributed by atoms with van der Waals surface area (Å²) in [7, 11) is 0. The molecule has 1 aromatic heterocycles. The van der Waals surface area contributed by atoms with E-state index < -0.39 is 18.6 Å². The molecular weight excluding hydrogens is 361 g/mol. The van der Waals surface area contributed by atoms with E-state index in [0.717, 1.165) is 16.9 Å². The molecular formula is C19H23F3N2OS. The summed E-state index contributed by atoms with van der Waals surface area (Å²) in [6.45, 7) is 2.79. The highest BCUT2D eigenvalue weighted by molar-refractivity contribution is 7.10. The van der Waals surface area contributed by atoms with E-state index in [-0.39, 0.29) is 12.6 Å². The summed E-state index contributed by atoms with van der Waals surface area (Å²) in [5.41, 5.74) is 2.22. The molecule has 0 aliphatic carbocycles. The first-order valence-electron chi connectivity index (χ1n) is 8.50. The topological polar surface area (TPSA) is 41.1 Å². The second-order valence-corrected chi connectivity index (χ2v) is 7.18. The molecule has 0 radical (unpaired) electrons. The van der Waals surface area contributed by atoms with Crippen molar-refractivity contribution in [2.24, 2.45) is 0 Å². The van der Waals surface area contributed by atoms with Crippen molar-refractivity contribution in [1.29, 1.82) is 0 Å². The van der Waals surface area contributed by atoms with Crippen molar-refractivity contribution >= 4 is 17.2 Å². The standard InChI is InChI=1S/C19H23F3N2OS/c1-3-13(2)14-6-8-15(9-7-14)18(16-5-4-10-26-16)23-11-17(25)24-12-19(20,21)22/h4-10,13,18,23H,3,11-12H2,1-2H3,(H,24,25)/t13-,18-/m1/s1. The first kappa shape index (κ1) is 20.5. The van der Waals surface area contributed by atoms with Crippen LogP contribution in [0.1, 0.15) is 48.2 Å². The predicted octanol–water partition coefficient (Wildman–Crippen LogP) is 4.62. The number of hydrogen-bond acceptors (Lipinski definition) is 3. The fourth-order valence-electron chi connectivity index (χ4n) is 2.55. The lowest BCUT2D eigenvalue weighted by molar-refractivity contribution is -0.137. The molecule has 0 aliphatic heterocycles. The van der Waals surface area contributed by atoms with Crippen molar-refractivity contribution in [2.75, 3.05) is 13.1 Å². The van der Waals surface area contributed by atoms with Crippen LogP contribution < -0.4 is 10.6 Å². The minimum Gasteiger partial charge on any atom is -0.346 e. The second-order valence-electron chi connectivity index (χ2n) is 6.20. The van der Waals surface area contributed by atoms with Crippen LogP contribution in [0, 0.1) is 0 Å². The molecule has 2 atom stereocenters. The maximum Gasteiger partial charge on any atom is 0.405 e. The number of rotatable bonds is 8. The summed E-state index contributed by atoms with van der Waals surface area (Å²) in [5.74, 6) is -0.217. The van der Waals surface area contributed by atoms with Crippen LogP contribution in [0.4, 0.5) is 13.2 Å². The Morgan fingerprint density at radius 2 is 1.81 bits per heavy atom. The Kier molecular flexibility index (Phi) is 7.23. The maximum atomic E-state index is 12.2. The fraction of sp³-hybridized carbons (Fsp3) is 0.421. The summed E-state index contributed by atoms with van der Waals surface area (Å²) in [4.78, 5) is 12.7. The number of benzene rings is 1. The highest BCUT2D eigenvalue weighted by Gasteiger charge is 2.27. The Balaban J connectivity index is 2.06. The third kappa shape index (κ3) is 6.14. The Morgan fingerprint density at radius 3 is 2.35 bits per heavy atom. The minimum absolute atomic E-state index is 0.189. The van der Waals surface area contributed by atoms with Gasteiger partial charge in [-0.25, -0.2) is 0 Å². The van der Waals surface area contributed by atoms with Crippen molar-refractivity contribution in [1.82, 2.24) is 10.6 Å². The molecule has 3 nitrogen and oxygen atoms in total. The highest BCUT2D eigenvalue weighted by Crippen LogP contribution is 2.28. The normalized spacial score (nSPS) is 14.0. The highest BCUT2D eigenvalue weighted by atomic mass is 32.1. The van der Waals surface area contributed by atoms with Gasteiger partial charge < -0.3 is 5.32 Å². The summed E-state index contributed by atoms with van der Waals surface area (Å²) in [6, 6.07) is 11.8. The van der Waals surface area contributed by atoms with Crippen LogP contribution in [0.15, 0.2) is 41.8 Å². The number of thiophene rings is 1. The van der Waals surface area contributed by atoms with Crippen LogP contribution >= 0.6 is 11.3 Å². The number of alkyl halides is 3. The van der Waals surface area contributed by atoms with E-state index in [1.165, 1.54) is 16.9 Å². The van der Waals surface area contributed by atoms with Crippen LogP contribution in [-0.2, 0) is 4.79 Å². The van der Waals surface area contributed by atoms with Gasteiger partial charge in [-0.1, -0.05) is 44.2 Å². The van der Waals surface area contributed by atoms with Crippen LogP contribution in [0.3, 0.4) is 0 Å². The lowest BCUT2D eigenvalue weighted by atomic mass is 9.95. The molecule has 142 valence electrons. The van der Waals surface area contributed by atoms with E-state index in [1.807, 2.05) is 35.0 Å². The first-order chi connectivity index (χ1) is 12.3. The van der Waals surface area contributed by atoms with Gasteiger partial charge in [0.2, 0.25) is 5.91 Å². The molecule has 2 aromatic rings. The van der Waals surface area contributed by atoms with Crippen molar-refractivity contribution in [2.45, 2.75) is 38.4 Å². The molecule has 26 heavy (non-hydrogen) atoms. The van der Waals surface area contributed by atoms with Crippen molar-refractivity contribution in [3.63, 3.8) is 0 Å². The maximum absolute atomic E-state index is 12.2. The van der Waals surface area contributed by atoms with E-state index in [4.69, 9.17) is 0 Å². The first-order valence-corrected chi connectivity index (χ1v) is 9.38. The molecule has 7 heteroatoms. The van der Waals surface area contributed by atoms with Gasteiger partial charge in [0.15, 0.2) is 0 Å². The van der Waals surface area contributed by atoms with Gasteiger partial charge >= 0.3 is 6.18 Å². The average Bonchev–Trinajstić information content (AvgIpc) is 3.14. The summed E-state index contributed by atoms with van der Waals surface area (Å²) < 4.78 is 36.6. The van der Waals surface area contributed by atoms with Gasteiger partial charge in [-0.3, -0.25) is 10.1 Å². The van der Waals surface area contributed by atoms with E-state index in [2.05, 4.69) is 31.3 Å². The van der Waals surface area contributed by atoms with Gasteiger partial charge in [0.05, 0.1) is 12.6 Å². The molecule has 0 saturated carbocycles. The quantitative estimate of drug-likeness (QED) is 0.697. The molecule has 1 amide bonds. The zero-order valence-corrected chi connectivity index (χ0v) is 15.6. The number of hydrogen-bond donors (Lipinski definition) is 2. The molecule has 0 saturated heterocycles. The smallest absolute Gasteiger partial charge is 0.346 e. The van der Waals surface area contributed by atoms with Gasteiger partial charge in [-0.2, -0.15) is 13.2 Å². The second kappa shape index (κ2) is 9.19. The lowest BCUT2D eigenvalue weighted by Crippen LogP contribution is -2.40. The number of amides is 1. The SMILES string of the molecule is CC[C@@H](C)c1ccc([C@@H](NCC(=O)NCC(F)(F)F)c2cccs2)cc1. The average molecular weight is 384 g/mol. The Labute approximate surface area is 155 Å². The molecule has 0 fully saturated rings. The Hall–Kier alpha value is -1.86. The summed E-state index contributed by atoms with van der Waals surface area (Å²) in [6.07, 6.45) is -3.36. The Morgan fingerprint density at radius 1 is 1.15 bits per heavy atom. The lowest BCUT2D eigenvalue weighted by Gasteiger charge is -2.19. The molecule has 0 unspecified atom stereocenters. The van der Waals surface area contributed by atoms with E-state index in [0.29, 0.717) is 5.92 Å². The van der Waals surface area contributed by atoms with Gasteiger partial charge in [-0.05, 0) is 34.9 Å². The molecule has 1 heterocycles. The fourth-order valence-corrected chi connectivity index (χ4v) is 3.37. The molecule has 0 spiro atoms. The van der Waals surface area contributed by atoms with Crippen molar-refractivity contribution in [3.05, 3.63) is 57.8 Å². The van der Waals surface area contributed by atoms with E-state index >= 15 is 0 Å². The van der Waals surface area contributed by atoms with Crippen molar-refractivity contribution < 1.29 is 18.0 Å². The molecule has 0 bridgehead atoms.